The van der Waals surface area contributed by atoms with Gasteiger partial charge in [0, 0.05) is 23.9 Å². The zero-order valence-corrected chi connectivity index (χ0v) is 12.2. The van der Waals surface area contributed by atoms with Gasteiger partial charge in [0.1, 0.15) is 17.2 Å². The minimum atomic E-state index is -4.40. The molecule has 0 aromatic heterocycles. The number of nitrogen functional groups attached to an aromatic ring is 1. The molecule has 0 aliphatic carbocycles. The summed E-state index contributed by atoms with van der Waals surface area (Å²) in [6.45, 7) is 2.47. The molecule has 0 saturated carbocycles. The summed E-state index contributed by atoms with van der Waals surface area (Å²) in [6, 6.07) is 9.79. The fourth-order valence-electron chi connectivity index (χ4n) is 1.86. The van der Waals surface area contributed by atoms with Gasteiger partial charge in [-0.3, -0.25) is 0 Å². The molecule has 0 amide bonds. The first kappa shape index (κ1) is 16.0. The molecule has 0 aliphatic heterocycles. The van der Waals surface area contributed by atoms with E-state index in [1.807, 2.05) is 26.0 Å². The Hall–Kier alpha value is -2.37. The van der Waals surface area contributed by atoms with Crippen molar-refractivity contribution in [2.45, 2.75) is 20.0 Å². The van der Waals surface area contributed by atoms with Crippen LogP contribution in [0.2, 0.25) is 0 Å². The van der Waals surface area contributed by atoms with E-state index in [0.717, 1.165) is 11.1 Å². The van der Waals surface area contributed by atoms with E-state index in [-0.39, 0.29) is 11.4 Å². The molecule has 22 heavy (non-hydrogen) atoms. The molecular formula is C16H16F3NO2. The first-order chi connectivity index (χ1) is 10.2. The number of halogens is 3. The van der Waals surface area contributed by atoms with Gasteiger partial charge >= 0.3 is 6.18 Å². The monoisotopic (exact) mass is 311 g/mol. The molecule has 0 unspecified atom stereocenters. The molecule has 0 spiro atoms. The Morgan fingerprint density at radius 3 is 2.41 bits per heavy atom. The Morgan fingerprint density at radius 2 is 1.73 bits per heavy atom. The number of anilines is 1. The van der Waals surface area contributed by atoms with Gasteiger partial charge in [0.05, 0.1) is 0 Å². The second kappa shape index (κ2) is 6.17. The maximum absolute atomic E-state index is 12.2. The van der Waals surface area contributed by atoms with Crippen LogP contribution in [0, 0.1) is 13.8 Å². The third kappa shape index (κ3) is 4.31. The highest BCUT2D eigenvalue weighted by molar-refractivity contribution is 5.52. The van der Waals surface area contributed by atoms with Crippen LogP contribution >= 0.6 is 0 Å². The third-order valence-corrected chi connectivity index (χ3v) is 3.09. The highest BCUT2D eigenvalue weighted by Gasteiger charge is 2.28. The summed E-state index contributed by atoms with van der Waals surface area (Å²) in [5.74, 6) is 0.955. The smallest absolute Gasteiger partial charge is 0.422 e. The zero-order chi connectivity index (χ0) is 16.3. The molecule has 0 saturated heterocycles. The van der Waals surface area contributed by atoms with Crippen molar-refractivity contribution in [1.82, 2.24) is 0 Å². The number of ether oxygens (including phenoxy) is 2. The van der Waals surface area contributed by atoms with Crippen molar-refractivity contribution in [1.29, 1.82) is 0 Å². The average Bonchev–Trinajstić information content (AvgIpc) is 2.40. The highest BCUT2D eigenvalue weighted by atomic mass is 19.4. The first-order valence-corrected chi connectivity index (χ1v) is 6.59. The van der Waals surface area contributed by atoms with Crippen LogP contribution in [0.3, 0.4) is 0 Å². The summed E-state index contributed by atoms with van der Waals surface area (Å²) < 4.78 is 47.0. The number of hydrogen-bond donors (Lipinski definition) is 1. The second-order valence-corrected chi connectivity index (χ2v) is 4.94. The molecule has 0 fully saturated rings. The lowest BCUT2D eigenvalue weighted by Crippen LogP contribution is -2.19. The summed E-state index contributed by atoms with van der Waals surface area (Å²) in [4.78, 5) is 0. The lowest BCUT2D eigenvalue weighted by Gasteiger charge is -2.13. The standard InChI is InChI=1S/C16H16F3NO2/c1-10-4-3-5-15(11(10)2)22-14-7-12(20)6-13(8-14)21-9-16(17,18)19/h3-8H,9,20H2,1-2H3. The molecule has 2 N–H and O–H groups in total. The number of aryl methyl sites for hydroxylation is 1. The van der Waals surface area contributed by atoms with Crippen molar-refractivity contribution in [3.63, 3.8) is 0 Å². The van der Waals surface area contributed by atoms with E-state index in [9.17, 15) is 13.2 Å². The van der Waals surface area contributed by atoms with E-state index in [1.165, 1.54) is 18.2 Å². The van der Waals surface area contributed by atoms with Gasteiger partial charge in [-0.25, -0.2) is 0 Å². The summed E-state index contributed by atoms with van der Waals surface area (Å²) in [7, 11) is 0. The third-order valence-electron chi connectivity index (χ3n) is 3.09. The van der Waals surface area contributed by atoms with Gasteiger partial charge in [-0.05, 0) is 31.0 Å². The maximum Gasteiger partial charge on any atom is 0.422 e. The number of hydrogen-bond acceptors (Lipinski definition) is 3. The summed E-state index contributed by atoms with van der Waals surface area (Å²) in [6.07, 6.45) is -4.40. The van der Waals surface area contributed by atoms with Gasteiger partial charge in [-0.2, -0.15) is 13.2 Å². The van der Waals surface area contributed by atoms with Crippen molar-refractivity contribution in [2.75, 3.05) is 12.3 Å². The summed E-state index contributed by atoms with van der Waals surface area (Å²) >= 11 is 0. The molecule has 118 valence electrons. The van der Waals surface area contributed by atoms with Crippen LogP contribution in [0.1, 0.15) is 11.1 Å². The zero-order valence-electron chi connectivity index (χ0n) is 12.2. The van der Waals surface area contributed by atoms with Crippen LogP contribution in [0.15, 0.2) is 36.4 Å². The van der Waals surface area contributed by atoms with Crippen molar-refractivity contribution < 1.29 is 22.6 Å². The van der Waals surface area contributed by atoms with Gasteiger partial charge in [0.15, 0.2) is 6.61 Å². The largest absolute Gasteiger partial charge is 0.484 e. The molecular weight excluding hydrogens is 295 g/mol. The quantitative estimate of drug-likeness (QED) is 0.838. The van der Waals surface area contributed by atoms with Crippen LogP contribution in [0.25, 0.3) is 0 Å². The Bertz CT molecular complexity index is 669. The Labute approximate surface area is 126 Å². The molecule has 0 atom stereocenters. The molecule has 6 heteroatoms. The Balaban J connectivity index is 2.21. The van der Waals surface area contributed by atoms with Crippen LogP contribution in [-0.2, 0) is 0 Å². The molecule has 2 aromatic carbocycles. The lowest BCUT2D eigenvalue weighted by atomic mass is 10.1. The Morgan fingerprint density at radius 1 is 1.05 bits per heavy atom. The van der Waals surface area contributed by atoms with Crippen LogP contribution in [0.4, 0.5) is 18.9 Å². The van der Waals surface area contributed by atoms with Gasteiger partial charge < -0.3 is 15.2 Å². The minimum absolute atomic E-state index is 0.0117. The molecule has 2 rings (SSSR count). The number of rotatable bonds is 4. The van der Waals surface area contributed by atoms with Crippen molar-refractivity contribution in [3.8, 4) is 17.2 Å². The van der Waals surface area contributed by atoms with Gasteiger partial charge in [-0.15, -0.1) is 0 Å². The number of nitrogens with two attached hydrogens (primary N) is 1. The minimum Gasteiger partial charge on any atom is -0.484 e. The topological polar surface area (TPSA) is 44.5 Å². The molecule has 0 aliphatic rings. The predicted molar refractivity (Wildman–Crippen MR) is 78.4 cm³/mol. The normalized spacial score (nSPS) is 11.3. The van der Waals surface area contributed by atoms with E-state index in [1.54, 1.807) is 6.07 Å². The fourth-order valence-corrected chi connectivity index (χ4v) is 1.86. The Kier molecular flexibility index (Phi) is 4.49. The molecule has 0 radical (unpaired) electrons. The number of alkyl halides is 3. The summed E-state index contributed by atoms with van der Waals surface area (Å²) in [5, 5.41) is 0. The maximum atomic E-state index is 12.2. The van der Waals surface area contributed by atoms with Crippen molar-refractivity contribution in [2.24, 2.45) is 0 Å². The molecule has 0 heterocycles. The van der Waals surface area contributed by atoms with Gasteiger partial charge in [-0.1, -0.05) is 12.1 Å². The number of benzene rings is 2. The van der Waals surface area contributed by atoms with Gasteiger partial charge in [0.25, 0.3) is 0 Å². The SMILES string of the molecule is Cc1cccc(Oc2cc(N)cc(OCC(F)(F)F)c2)c1C. The second-order valence-electron chi connectivity index (χ2n) is 4.94. The predicted octanol–water partition coefficient (Wildman–Crippen LogP) is 4.62. The molecule has 0 bridgehead atoms. The average molecular weight is 311 g/mol. The molecule has 3 nitrogen and oxygen atoms in total. The molecule has 2 aromatic rings. The van der Waals surface area contributed by atoms with Crippen molar-refractivity contribution in [3.05, 3.63) is 47.5 Å². The highest BCUT2D eigenvalue weighted by Crippen LogP contribution is 2.31. The van der Waals surface area contributed by atoms with E-state index >= 15 is 0 Å². The van der Waals surface area contributed by atoms with Crippen LogP contribution in [-0.4, -0.2) is 12.8 Å². The van der Waals surface area contributed by atoms with E-state index in [2.05, 4.69) is 0 Å². The van der Waals surface area contributed by atoms with Gasteiger partial charge in [0.2, 0.25) is 0 Å². The fraction of sp³-hybridized carbons (Fsp3) is 0.250. The van der Waals surface area contributed by atoms with E-state index in [4.69, 9.17) is 15.2 Å². The first-order valence-electron chi connectivity index (χ1n) is 6.59. The lowest BCUT2D eigenvalue weighted by molar-refractivity contribution is -0.153. The van der Waals surface area contributed by atoms with Crippen LogP contribution in [0.5, 0.6) is 17.2 Å². The van der Waals surface area contributed by atoms with Crippen LogP contribution < -0.4 is 15.2 Å². The van der Waals surface area contributed by atoms with E-state index in [0.29, 0.717) is 11.5 Å². The summed E-state index contributed by atoms with van der Waals surface area (Å²) in [5.41, 5.74) is 7.94. The van der Waals surface area contributed by atoms with Crippen molar-refractivity contribution >= 4 is 5.69 Å². The van der Waals surface area contributed by atoms with E-state index < -0.39 is 12.8 Å².